The minimum atomic E-state index is -0.298. The van der Waals surface area contributed by atoms with E-state index in [-0.39, 0.29) is 18.5 Å². The summed E-state index contributed by atoms with van der Waals surface area (Å²) >= 11 is 0. The first-order chi connectivity index (χ1) is 8.24. The Bertz CT molecular complexity index is 384. The molecule has 1 aliphatic heterocycles. The molecule has 1 atom stereocenters. The molecule has 0 saturated carbocycles. The van der Waals surface area contributed by atoms with Gasteiger partial charge in [0, 0.05) is 12.2 Å². The Morgan fingerprint density at radius 1 is 1.47 bits per heavy atom. The predicted molar refractivity (Wildman–Crippen MR) is 64.6 cm³/mol. The number of aliphatic hydroxyl groups excluding tert-OH is 1. The van der Waals surface area contributed by atoms with Crippen LogP contribution in [-0.4, -0.2) is 30.9 Å². The fourth-order valence-corrected chi connectivity index (χ4v) is 2.22. The van der Waals surface area contributed by atoms with Crippen molar-refractivity contribution in [2.75, 3.05) is 24.7 Å². The lowest BCUT2D eigenvalue weighted by Crippen LogP contribution is -2.45. The molecule has 0 amide bonds. The summed E-state index contributed by atoms with van der Waals surface area (Å²) in [6.45, 7) is 4.08. The number of morpholine rings is 1. The Morgan fingerprint density at radius 2 is 2.29 bits per heavy atom. The van der Waals surface area contributed by atoms with Gasteiger partial charge in [-0.3, -0.25) is 0 Å². The second-order valence-corrected chi connectivity index (χ2v) is 4.31. The molecule has 1 heterocycles. The zero-order chi connectivity index (χ0) is 12.3. The number of hydrogen-bond donors (Lipinski definition) is 1. The quantitative estimate of drug-likeness (QED) is 0.875. The van der Waals surface area contributed by atoms with Crippen molar-refractivity contribution in [1.82, 2.24) is 0 Å². The molecule has 1 aromatic carbocycles. The van der Waals surface area contributed by atoms with E-state index in [1.54, 1.807) is 0 Å². The Kier molecular flexibility index (Phi) is 3.97. The molecular weight excluding hydrogens is 221 g/mol. The lowest BCUT2D eigenvalue weighted by Gasteiger charge is -2.37. The van der Waals surface area contributed by atoms with Crippen LogP contribution in [-0.2, 0) is 11.3 Å². The van der Waals surface area contributed by atoms with E-state index in [2.05, 4.69) is 11.8 Å². The fourth-order valence-electron chi connectivity index (χ4n) is 2.22. The van der Waals surface area contributed by atoms with Gasteiger partial charge in [0.1, 0.15) is 5.82 Å². The third-order valence-electron chi connectivity index (χ3n) is 3.16. The third kappa shape index (κ3) is 2.76. The van der Waals surface area contributed by atoms with E-state index in [1.165, 1.54) is 12.1 Å². The van der Waals surface area contributed by atoms with Crippen LogP contribution in [0.1, 0.15) is 18.9 Å². The van der Waals surface area contributed by atoms with Crippen LogP contribution in [0.3, 0.4) is 0 Å². The first kappa shape index (κ1) is 12.3. The summed E-state index contributed by atoms with van der Waals surface area (Å²) in [7, 11) is 0. The van der Waals surface area contributed by atoms with E-state index >= 15 is 0 Å². The number of hydrogen-bond acceptors (Lipinski definition) is 3. The van der Waals surface area contributed by atoms with Crippen LogP contribution < -0.4 is 4.90 Å². The van der Waals surface area contributed by atoms with Gasteiger partial charge in [0.2, 0.25) is 0 Å². The van der Waals surface area contributed by atoms with Crippen molar-refractivity contribution in [3.63, 3.8) is 0 Å². The average Bonchev–Trinajstić information content (AvgIpc) is 2.37. The van der Waals surface area contributed by atoms with Gasteiger partial charge in [-0.05, 0) is 30.2 Å². The molecule has 1 unspecified atom stereocenters. The Labute approximate surface area is 101 Å². The lowest BCUT2D eigenvalue weighted by molar-refractivity contribution is 0.0929. The van der Waals surface area contributed by atoms with Crippen molar-refractivity contribution in [1.29, 1.82) is 0 Å². The Hall–Kier alpha value is -1.13. The summed E-state index contributed by atoms with van der Waals surface area (Å²) in [5.74, 6) is -0.298. The maximum Gasteiger partial charge on any atom is 0.125 e. The van der Waals surface area contributed by atoms with Gasteiger partial charge in [0.25, 0.3) is 0 Å². The summed E-state index contributed by atoms with van der Waals surface area (Å²) < 4.78 is 18.9. The molecule has 2 rings (SSSR count). The van der Waals surface area contributed by atoms with E-state index < -0.39 is 0 Å². The Morgan fingerprint density at radius 3 is 3.00 bits per heavy atom. The van der Waals surface area contributed by atoms with E-state index in [4.69, 9.17) is 9.84 Å². The van der Waals surface area contributed by atoms with E-state index in [0.29, 0.717) is 18.8 Å². The lowest BCUT2D eigenvalue weighted by atomic mass is 10.1. The largest absolute Gasteiger partial charge is 0.392 e. The minimum Gasteiger partial charge on any atom is -0.392 e. The molecule has 0 aliphatic carbocycles. The van der Waals surface area contributed by atoms with Crippen LogP contribution in [0.4, 0.5) is 10.1 Å². The van der Waals surface area contributed by atoms with Gasteiger partial charge in [0.15, 0.2) is 0 Å². The number of halogens is 1. The van der Waals surface area contributed by atoms with Crippen molar-refractivity contribution < 1.29 is 14.2 Å². The van der Waals surface area contributed by atoms with Crippen LogP contribution >= 0.6 is 0 Å². The molecule has 0 bridgehead atoms. The first-order valence-corrected chi connectivity index (χ1v) is 5.99. The van der Waals surface area contributed by atoms with Gasteiger partial charge >= 0.3 is 0 Å². The number of ether oxygens (including phenoxy) is 1. The monoisotopic (exact) mass is 239 g/mol. The van der Waals surface area contributed by atoms with Crippen LogP contribution in [0.2, 0.25) is 0 Å². The molecule has 1 aliphatic rings. The number of nitrogens with zero attached hydrogens (tertiary/aromatic N) is 1. The second kappa shape index (κ2) is 5.47. The van der Waals surface area contributed by atoms with Crippen molar-refractivity contribution >= 4 is 5.69 Å². The number of anilines is 1. The molecule has 17 heavy (non-hydrogen) atoms. The number of benzene rings is 1. The molecule has 3 nitrogen and oxygen atoms in total. The topological polar surface area (TPSA) is 32.7 Å². The van der Waals surface area contributed by atoms with E-state index in [1.807, 2.05) is 6.07 Å². The zero-order valence-corrected chi connectivity index (χ0v) is 10.0. The van der Waals surface area contributed by atoms with E-state index in [9.17, 15) is 4.39 Å². The molecule has 94 valence electrons. The summed E-state index contributed by atoms with van der Waals surface area (Å²) in [5.41, 5.74) is 1.45. The SMILES string of the molecule is CCC1COCCN1c1cc(F)cc(CO)c1. The van der Waals surface area contributed by atoms with Gasteiger partial charge in [0.05, 0.1) is 25.9 Å². The highest BCUT2D eigenvalue weighted by atomic mass is 19.1. The molecule has 1 fully saturated rings. The summed E-state index contributed by atoms with van der Waals surface area (Å²) in [6, 6.07) is 5.02. The smallest absolute Gasteiger partial charge is 0.125 e. The summed E-state index contributed by atoms with van der Waals surface area (Å²) in [4.78, 5) is 2.16. The molecule has 0 spiro atoms. The van der Waals surface area contributed by atoms with Crippen LogP contribution in [0.15, 0.2) is 18.2 Å². The molecule has 1 saturated heterocycles. The summed E-state index contributed by atoms with van der Waals surface area (Å²) in [5, 5.41) is 9.10. The number of rotatable bonds is 3. The zero-order valence-electron chi connectivity index (χ0n) is 10.0. The van der Waals surface area contributed by atoms with Crippen molar-refractivity contribution in [2.45, 2.75) is 26.0 Å². The molecule has 0 radical (unpaired) electrons. The molecular formula is C13H18FNO2. The van der Waals surface area contributed by atoms with Gasteiger partial charge in [-0.15, -0.1) is 0 Å². The molecule has 1 N–H and O–H groups in total. The van der Waals surface area contributed by atoms with Gasteiger partial charge in [-0.1, -0.05) is 6.92 Å². The third-order valence-corrected chi connectivity index (χ3v) is 3.16. The Balaban J connectivity index is 2.27. The van der Waals surface area contributed by atoms with Gasteiger partial charge in [-0.2, -0.15) is 0 Å². The average molecular weight is 239 g/mol. The van der Waals surface area contributed by atoms with Gasteiger partial charge < -0.3 is 14.7 Å². The maximum absolute atomic E-state index is 13.4. The number of aliphatic hydroxyl groups is 1. The minimum absolute atomic E-state index is 0.133. The molecule has 1 aromatic rings. The molecule has 0 aromatic heterocycles. The predicted octanol–water partition coefficient (Wildman–Crippen LogP) is 1.93. The van der Waals surface area contributed by atoms with Crippen LogP contribution in [0, 0.1) is 5.82 Å². The normalized spacial score (nSPS) is 20.6. The highest BCUT2D eigenvalue weighted by molar-refractivity contribution is 5.50. The second-order valence-electron chi connectivity index (χ2n) is 4.31. The van der Waals surface area contributed by atoms with Crippen LogP contribution in [0.5, 0.6) is 0 Å². The van der Waals surface area contributed by atoms with E-state index in [0.717, 1.165) is 18.7 Å². The van der Waals surface area contributed by atoms with Crippen molar-refractivity contribution in [3.8, 4) is 0 Å². The summed E-state index contributed by atoms with van der Waals surface area (Å²) in [6.07, 6.45) is 0.963. The van der Waals surface area contributed by atoms with Crippen molar-refractivity contribution in [2.24, 2.45) is 0 Å². The highest BCUT2D eigenvalue weighted by Crippen LogP contribution is 2.24. The van der Waals surface area contributed by atoms with Gasteiger partial charge in [-0.25, -0.2) is 4.39 Å². The van der Waals surface area contributed by atoms with Crippen LogP contribution in [0.25, 0.3) is 0 Å². The first-order valence-electron chi connectivity index (χ1n) is 5.99. The van der Waals surface area contributed by atoms with Crippen molar-refractivity contribution in [3.05, 3.63) is 29.6 Å². The maximum atomic E-state index is 13.4. The fraction of sp³-hybridized carbons (Fsp3) is 0.538. The highest BCUT2D eigenvalue weighted by Gasteiger charge is 2.22. The standard InChI is InChI=1S/C13H18FNO2/c1-2-12-9-17-4-3-15(12)13-6-10(8-16)5-11(14)7-13/h5-7,12,16H,2-4,8-9H2,1H3. The molecule has 4 heteroatoms.